The van der Waals surface area contributed by atoms with Crippen molar-refractivity contribution in [3.63, 3.8) is 0 Å². The number of fused-ring (bicyclic) bond motifs is 1. The largest absolute Gasteiger partial charge is 0.364 e. The highest BCUT2D eigenvalue weighted by Crippen LogP contribution is 2.29. The highest BCUT2D eigenvalue weighted by Gasteiger charge is 2.30. The number of carbonyl (C=O) groups excluding carboxylic acids is 1. The van der Waals surface area contributed by atoms with E-state index < -0.39 is 0 Å². The number of rotatable bonds is 4. The van der Waals surface area contributed by atoms with Gasteiger partial charge in [0.15, 0.2) is 5.82 Å². The number of benzene rings is 1. The molecular weight excluding hydrogens is 348 g/mol. The summed E-state index contributed by atoms with van der Waals surface area (Å²) in [4.78, 5) is 23.0. The normalized spacial score (nSPS) is 16.3. The molecule has 0 spiro atoms. The molecule has 0 bridgehead atoms. The molecule has 0 aliphatic carbocycles. The highest BCUT2D eigenvalue weighted by atomic mass is 16.2. The zero-order valence-corrected chi connectivity index (χ0v) is 17.3. The summed E-state index contributed by atoms with van der Waals surface area (Å²) in [5.41, 5.74) is 7.53. The lowest BCUT2D eigenvalue weighted by molar-refractivity contribution is 0.0496. The maximum Gasteiger partial charge on any atom is 0.272 e. The van der Waals surface area contributed by atoms with Crippen LogP contribution in [0.15, 0.2) is 24.3 Å². The van der Waals surface area contributed by atoms with E-state index >= 15 is 0 Å². The maximum atomic E-state index is 13.0. The van der Waals surface area contributed by atoms with Crippen LogP contribution in [0.4, 0.5) is 5.82 Å². The molecule has 1 atom stereocenters. The van der Waals surface area contributed by atoms with Gasteiger partial charge in [-0.1, -0.05) is 18.2 Å². The molecule has 5 heteroatoms. The lowest BCUT2D eigenvalue weighted by atomic mass is 10.0. The van der Waals surface area contributed by atoms with Crippen molar-refractivity contribution in [2.45, 2.75) is 53.6 Å². The molecule has 1 aliphatic heterocycles. The lowest BCUT2D eigenvalue weighted by Crippen LogP contribution is -2.49. The fourth-order valence-electron chi connectivity index (χ4n) is 3.95. The summed E-state index contributed by atoms with van der Waals surface area (Å²) in [5.74, 6) is 0.766. The minimum Gasteiger partial charge on any atom is -0.364 e. The van der Waals surface area contributed by atoms with E-state index in [2.05, 4.69) is 63.1 Å². The third kappa shape index (κ3) is 3.05. The van der Waals surface area contributed by atoms with Gasteiger partial charge in [-0.15, -0.1) is 0 Å². The van der Waals surface area contributed by atoms with Crippen molar-refractivity contribution in [1.29, 1.82) is 0 Å². The van der Waals surface area contributed by atoms with Gasteiger partial charge in [-0.2, -0.15) is 0 Å². The Morgan fingerprint density at radius 2 is 1.96 bits per heavy atom. The fraction of sp³-hybridized carbons (Fsp3) is 0.391. The Hall–Kier alpha value is -2.82. The standard InChI is InChI=1S/C23H28N4O/c1-13-7-6-8-14(2)19(13)12-24-22-21-18(16(4)17(5)25-21)11-20(26-22)23(28)27-10-9-15(27)3/h6-8,11,15,25H,9-10,12H2,1-5H3,(H,24,26)/t15-/m1/s1. The SMILES string of the molecule is Cc1cccc(C)c1CNc1nc(C(=O)N2CC[C@H]2C)cc2c(C)c(C)[nH]c12. The molecule has 4 rings (SSSR count). The first-order valence-corrected chi connectivity index (χ1v) is 9.96. The quantitative estimate of drug-likeness (QED) is 0.697. The molecule has 0 saturated carbocycles. The first-order valence-electron chi connectivity index (χ1n) is 9.96. The summed E-state index contributed by atoms with van der Waals surface area (Å²) < 4.78 is 0. The Balaban J connectivity index is 1.73. The molecule has 28 heavy (non-hydrogen) atoms. The van der Waals surface area contributed by atoms with E-state index in [0.29, 0.717) is 18.3 Å². The van der Waals surface area contributed by atoms with E-state index in [0.717, 1.165) is 35.4 Å². The minimum atomic E-state index is 0.0222. The van der Waals surface area contributed by atoms with Gasteiger partial charge in [0.25, 0.3) is 5.91 Å². The van der Waals surface area contributed by atoms with Gasteiger partial charge in [0.2, 0.25) is 0 Å². The Kier molecular flexibility index (Phi) is 4.61. The zero-order valence-electron chi connectivity index (χ0n) is 17.3. The van der Waals surface area contributed by atoms with E-state index in [9.17, 15) is 4.79 Å². The van der Waals surface area contributed by atoms with Crippen LogP contribution < -0.4 is 5.32 Å². The number of hydrogen-bond donors (Lipinski definition) is 2. The van der Waals surface area contributed by atoms with Crippen LogP contribution in [0.2, 0.25) is 0 Å². The molecule has 5 nitrogen and oxygen atoms in total. The third-order valence-corrected chi connectivity index (χ3v) is 6.18. The number of likely N-dealkylation sites (tertiary alicyclic amines) is 1. The molecule has 1 aromatic carbocycles. The number of carbonyl (C=O) groups is 1. The van der Waals surface area contributed by atoms with Crippen molar-refractivity contribution in [2.75, 3.05) is 11.9 Å². The van der Waals surface area contributed by atoms with Gasteiger partial charge in [-0.25, -0.2) is 4.98 Å². The number of nitrogens with one attached hydrogen (secondary N) is 2. The number of pyridine rings is 1. The van der Waals surface area contributed by atoms with Crippen LogP contribution in [-0.2, 0) is 6.54 Å². The number of aryl methyl sites for hydroxylation is 4. The van der Waals surface area contributed by atoms with Gasteiger partial charge < -0.3 is 15.2 Å². The maximum absolute atomic E-state index is 13.0. The monoisotopic (exact) mass is 376 g/mol. The van der Waals surface area contributed by atoms with Gasteiger partial charge in [0, 0.05) is 30.2 Å². The number of amides is 1. The third-order valence-electron chi connectivity index (χ3n) is 6.18. The van der Waals surface area contributed by atoms with Gasteiger partial charge in [-0.3, -0.25) is 4.79 Å². The number of aromatic amines is 1. The molecule has 1 saturated heterocycles. The Morgan fingerprint density at radius 1 is 1.25 bits per heavy atom. The molecule has 0 radical (unpaired) electrons. The Morgan fingerprint density at radius 3 is 2.57 bits per heavy atom. The van der Waals surface area contributed by atoms with Crippen LogP contribution >= 0.6 is 0 Å². The van der Waals surface area contributed by atoms with Gasteiger partial charge in [0.05, 0.1) is 5.52 Å². The number of anilines is 1. The molecule has 3 heterocycles. The second kappa shape index (κ2) is 6.97. The molecular formula is C23H28N4O. The van der Waals surface area contributed by atoms with E-state index in [-0.39, 0.29) is 5.91 Å². The van der Waals surface area contributed by atoms with Crippen LogP contribution in [0, 0.1) is 27.7 Å². The predicted octanol–water partition coefficient (Wildman–Crippen LogP) is 4.64. The van der Waals surface area contributed by atoms with E-state index in [4.69, 9.17) is 4.98 Å². The fourth-order valence-corrected chi connectivity index (χ4v) is 3.95. The predicted molar refractivity (Wildman–Crippen MR) is 114 cm³/mol. The van der Waals surface area contributed by atoms with Gasteiger partial charge in [0.1, 0.15) is 5.69 Å². The Labute approximate surface area is 166 Å². The van der Waals surface area contributed by atoms with Crippen molar-refractivity contribution < 1.29 is 4.79 Å². The van der Waals surface area contributed by atoms with Gasteiger partial charge in [-0.05, 0) is 69.4 Å². The molecule has 2 N–H and O–H groups in total. The van der Waals surface area contributed by atoms with Crippen molar-refractivity contribution in [3.8, 4) is 0 Å². The van der Waals surface area contributed by atoms with Crippen LogP contribution in [0.5, 0.6) is 0 Å². The van der Waals surface area contributed by atoms with E-state index in [1.807, 2.05) is 11.0 Å². The average Bonchev–Trinajstić information content (AvgIpc) is 2.94. The van der Waals surface area contributed by atoms with Crippen molar-refractivity contribution in [2.24, 2.45) is 0 Å². The molecule has 2 aromatic heterocycles. The lowest BCUT2D eigenvalue weighted by Gasteiger charge is -2.38. The van der Waals surface area contributed by atoms with Crippen molar-refractivity contribution >= 4 is 22.6 Å². The topological polar surface area (TPSA) is 61.0 Å². The molecule has 1 aliphatic rings. The second-order valence-electron chi connectivity index (χ2n) is 8.01. The van der Waals surface area contributed by atoms with Crippen molar-refractivity contribution in [1.82, 2.24) is 14.9 Å². The zero-order chi connectivity index (χ0) is 20.0. The first-order chi connectivity index (χ1) is 13.4. The molecule has 3 aromatic rings. The number of H-pyrrole nitrogens is 1. The van der Waals surface area contributed by atoms with Gasteiger partial charge >= 0.3 is 0 Å². The average molecular weight is 377 g/mol. The summed E-state index contributed by atoms with van der Waals surface area (Å²) in [6.07, 6.45) is 1.06. The van der Waals surface area contributed by atoms with Crippen LogP contribution in [0.3, 0.4) is 0 Å². The number of hydrogen-bond acceptors (Lipinski definition) is 3. The summed E-state index contributed by atoms with van der Waals surface area (Å²) in [6, 6.07) is 8.56. The van der Waals surface area contributed by atoms with Crippen LogP contribution in [0.1, 0.15) is 51.8 Å². The Bertz CT molecular complexity index is 1050. The summed E-state index contributed by atoms with van der Waals surface area (Å²) >= 11 is 0. The van der Waals surface area contributed by atoms with Crippen LogP contribution in [-0.4, -0.2) is 33.4 Å². The second-order valence-corrected chi connectivity index (χ2v) is 8.01. The summed E-state index contributed by atoms with van der Waals surface area (Å²) in [7, 11) is 0. The molecule has 0 unspecified atom stereocenters. The number of aromatic nitrogens is 2. The summed E-state index contributed by atoms with van der Waals surface area (Å²) in [5, 5.41) is 4.56. The molecule has 146 valence electrons. The number of nitrogens with zero attached hydrogens (tertiary/aromatic N) is 2. The van der Waals surface area contributed by atoms with E-state index in [1.165, 1.54) is 22.3 Å². The first kappa shape index (κ1) is 18.5. The molecule has 1 fully saturated rings. The molecule has 1 amide bonds. The smallest absolute Gasteiger partial charge is 0.272 e. The van der Waals surface area contributed by atoms with Crippen LogP contribution in [0.25, 0.3) is 10.9 Å². The van der Waals surface area contributed by atoms with Crippen molar-refractivity contribution in [3.05, 3.63) is 57.9 Å². The highest BCUT2D eigenvalue weighted by molar-refractivity contribution is 6.01. The summed E-state index contributed by atoms with van der Waals surface area (Å²) in [6.45, 7) is 12.0. The minimum absolute atomic E-state index is 0.0222. The van der Waals surface area contributed by atoms with E-state index in [1.54, 1.807) is 0 Å².